The maximum absolute atomic E-state index is 12.7. The zero-order chi connectivity index (χ0) is 11.5. The molecular formula is C12H12ClFN2. The zero-order valence-corrected chi connectivity index (χ0v) is 9.71. The van der Waals surface area contributed by atoms with E-state index in [0.717, 1.165) is 16.8 Å². The number of hydrogen-bond acceptors (Lipinski definition) is 1. The van der Waals surface area contributed by atoms with Gasteiger partial charge in [0.05, 0.1) is 18.6 Å². The first-order valence-corrected chi connectivity index (χ1v) is 5.56. The lowest BCUT2D eigenvalue weighted by Gasteiger charge is -2.05. The molecule has 1 aromatic heterocycles. The molecule has 4 heteroatoms. The molecule has 0 aliphatic heterocycles. The lowest BCUT2D eigenvalue weighted by Crippen LogP contribution is -2.04. The highest BCUT2D eigenvalue weighted by molar-refractivity contribution is 6.17. The van der Waals surface area contributed by atoms with Crippen LogP contribution >= 0.6 is 11.6 Å². The van der Waals surface area contributed by atoms with E-state index >= 15 is 0 Å². The monoisotopic (exact) mass is 238 g/mol. The Bertz CT molecular complexity index is 476. The summed E-state index contributed by atoms with van der Waals surface area (Å²) in [5.41, 5.74) is 3.11. The van der Waals surface area contributed by atoms with Crippen LogP contribution < -0.4 is 0 Å². The summed E-state index contributed by atoms with van der Waals surface area (Å²) in [4.78, 5) is 0. The Labute approximate surface area is 98.7 Å². The highest BCUT2D eigenvalue weighted by atomic mass is 35.5. The van der Waals surface area contributed by atoms with Crippen molar-refractivity contribution in [1.82, 2.24) is 9.78 Å². The SMILES string of the molecule is Cc1c(CCl)cnn1Cc1ccc(F)cc1. The molecule has 16 heavy (non-hydrogen) atoms. The number of rotatable bonds is 3. The molecule has 0 radical (unpaired) electrons. The predicted octanol–water partition coefficient (Wildman–Crippen LogP) is 3.12. The summed E-state index contributed by atoms with van der Waals surface area (Å²) in [6.07, 6.45) is 1.77. The van der Waals surface area contributed by atoms with Gasteiger partial charge in [-0.1, -0.05) is 12.1 Å². The summed E-state index contributed by atoms with van der Waals surface area (Å²) in [6.45, 7) is 2.62. The van der Waals surface area contributed by atoms with Crippen LogP contribution in [-0.4, -0.2) is 9.78 Å². The van der Waals surface area contributed by atoms with Gasteiger partial charge in [-0.25, -0.2) is 4.39 Å². The minimum absolute atomic E-state index is 0.220. The maximum atomic E-state index is 12.7. The highest BCUT2D eigenvalue weighted by Crippen LogP contribution is 2.12. The predicted molar refractivity (Wildman–Crippen MR) is 62.0 cm³/mol. The molecule has 0 bridgehead atoms. The number of halogens is 2. The van der Waals surface area contributed by atoms with E-state index in [1.807, 2.05) is 11.6 Å². The molecule has 0 aliphatic rings. The summed E-state index contributed by atoms with van der Waals surface area (Å²) in [5.74, 6) is 0.247. The van der Waals surface area contributed by atoms with Crippen LogP contribution in [0.25, 0.3) is 0 Å². The molecule has 0 amide bonds. The minimum atomic E-state index is -0.220. The molecule has 0 N–H and O–H groups in total. The van der Waals surface area contributed by atoms with Gasteiger partial charge in [0.15, 0.2) is 0 Å². The van der Waals surface area contributed by atoms with Crippen LogP contribution in [0.3, 0.4) is 0 Å². The van der Waals surface area contributed by atoms with Gasteiger partial charge in [0.1, 0.15) is 5.82 Å². The van der Waals surface area contributed by atoms with Gasteiger partial charge in [-0.15, -0.1) is 11.6 Å². The van der Waals surface area contributed by atoms with Crippen molar-refractivity contribution in [1.29, 1.82) is 0 Å². The Morgan fingerprint density at radius 2 is 2.00 bits per heavy atom. The van der Waals surface area contributed by atoms with Crippen molar-refractivity contribution in [3.8, 4) is 0 Å². The van der Waals surface area contributed by atoms with Crippen molar-refractivity contribution >= 4 is 11.6 Å². The van der Waals surface area contributed by atoms with Crippen molar-refractivity contribution in [3.63, 3.8) is 0 Å². The molecule has 84 valence electrons. The maximum Gasteiger partial charge on any atom is 0.123 e. The molecule has 1 heterocycles. The van der Waals surface area contributed by atoms with Crippen molar-refractivity contribution in [3.05, 3.63) is 53.1 Å². The van der Waals surface area contributed by atoms with E-state index in [2.05, 4.69) is 5.10 Å². The van der Waals surface area contributed by atoms with Crippen LogP contribution in [0.2, 0.25) is 0 Å². The molecule has 2 nitrogen and oxygen atoms in total. The number of alkyl halides is 1. The average molecular weight is 239 g/mol. The van der Waals surface area contributed by atoms with Gasteiger partial charge in [-0.05, 0) is 24.6 Å². The summed E-state index contributed by atoms with van der Waals surface area (Å²) >= 11 is 5.77. The second-order valence-corrected chi connectivity index (χ2v) is 3.94. The average Bonchev–Trinajstić information content (AvgIpc) is 2.63. The molecule has 2 aromatic rings. The molecule has 0 saturated carbocycles. The number of nitrogens with zero attached hydrogens (tertiary/aromatic N) is 2. The highest BCUT2D eigenvalue weighted by Gasteiger charge is 2.05. The Balaban J connectivity index is 2.20. The van der Waals surface area contributed by atoms with Crippen molar-refractivity contribution in [2.45, 2.75) is 19.3 Å². The van der Waals surface area contributed by atoms with E-state index in [-0.39, 0.29) is 5.82 Å². The first-order chi connectivity index (χ1) is 7.70. The normalized spacial score (nSPS) is 10.7. The quantitative estimate of drug-likeness (QED) is 0.752. The van der Waals surface area contributed by atoms with Gasteiger partial charge in [0.25, 0.3) is 0 Å². The Morgan fingerprint density at radius 1 is 1.31 bits per heavy atom. The number of aromatic nitrogens is 2. The minimum Gasteiger partial charge on any atom is -0.265 e. The largest absolute Gasteiger partial charge is 0.265 e. The van der Waals surface area contributed by atoms with E-state index in [9.17, 15) is 4.39 Å². The van der Waals surface area contributed by atoms with Crippen molar-refractivity contribution in [2.24, 2.45) is 0 Å². The Hall–Kier alpha value is -1.35. The molecular weight excluding hydrogens is 227 g/mol. The fourth-order valence-electron chi connectivity index (χ4n) is 1.54. The molecule has 0 aliphatic carbocycles. The fraction of sp³-hybridized carbons (Fsp3) is 0.250. The molecule has 0 unspecified atom stereocenters. The summed E-state index contributed by atoms with van der Waals surface area (Å²) in [6, 6.07) is 6.43. The third kappa shape index (κ3) is 2.25. The van der Waals surface area contributed by atoms with Gasteiger partial charge >= 0.3 is 0 Å². The van der Waals surface area contributed by atoms with Gasteiger partial charge in [0.2, 0.25) is 0 Å². The topological polar surface area (TPSA) is 17.8 Å². The molecule has 1 aromatic carbocycles. The lowest BCUT2D eigenvalue weighted by atomic mass is 10.2. The van der Waals surface area contributed by atoms with Gasteiger partial charge in [-0.2, -0.15) is 5.10 Å². The standard InChI is InChI=1S/C12H12ClFN2/c1-9-11(6-13)7-15-16(9)8-10-2-4-12(14)5-3-10/h2-5,7H,6,8H2,1H3. The van der Waals surface area contributed by atoms with Gasteiger partial charge in [0, 0.05) is 11.3 Å². The molecule has 0 spiro atoms. The molecule has 0 saturated heterocycles. The van der Waals surface area contributed by atoms with E-state index in [1.165, 1.54) is 12.1 Å². The summed E-state index contributed by atoms with van der Waals surface area (Å²) in [5, 5.41) is 4.24. The van der Waals surface area contributed by atoms with E-state index in [1.54, 1.807) is 18.3 Å². The van der Waals surface area contributed by atoms with Gasteiger partial charge < -0.3 is 0 Å². The third-order valence-corrected chi connectivity index (χ3v) is 2.88. The Morgan fingerprint density at radius 3 is 2.56 bits per heavy atom. The summed E-state index contributed by atoms with van der Waals surface area (Å²) < 4.78 is 14.6. The second-order valence-electron chi connectivity index (χ2n) is 3.67. The fourth-order valence-corrected chi connectivity index (χ4v) is 1.80. The summed E-state index contributed by atoms with van der Waals surface area (Å²) in [7, 11) is 0. The van der Waals surface area contributed by atoms with Crippen LogP contribution in [0, 0.1) is 12.7 Å². The van der Waals surface area contributed by atoms with Crippen LogP contribution in [0.15, 0.2) is 30.5 Å². The molecule has 0 atom stereocenters. The third-order valence-electron chi connectivity index (χ3n) is 2.59. The van der Waals surface area contributed by atoms with Gasteiger partial charge in [-0.3, -0.25) is 4.68 Å². The van der Waals surface area contributed by atoms with Crippen LogP contribution in [-0.2, 0) is 12.4 Å². The van der Waals surface area contributed by atoms with Crippen molar-refractivity contribution in [2.75, 3.05) is 0 Å². The zero-order valence-electron chi connectivity index (χ0n) is 8.95. The lowest BCUT2D eigenvalue weighted by molar-refractivity contribution is 0.623. The molecule has 0 fully saturated rings. The van der Waals surface area contributed by atoms with Crippen LogP contribution in [0.1, 0.15) is 16.8 Å². The van der Waals surface area contributed by atoms with E-state index in [4.69, 9.17) is 11.6 Å². The number of benzene rings is 1. The Kier molecular flexibility index (Phi) is 3.25. The van der Waals surface area contributed by atoms with Crippen LogP contribution in [0.4, 0.5) is 4.39 Å². The smallest absolute Gasteiger partial charge is 0.123 e. The number of hydrogen-bond donors (Lipinski definition) is 0. The second kappa shape index (κ2) is 4.66. The van der Waals surface area contributed by atoms with E-state index < -0.39 is 0 Å². The van der Waals surface area contributed by atoms with Crippen LogP contribution in [0.5, 0.6) is 0 Å². The van der Waals surface area contributed by atoms with E-state index in [0.29, 0.717) is 12.4 Å². The first kappa shape index (κ1) is 11.1. The van der Waals surface area contributed by atoms with Crippen molar-refractivity contribution < 1.29 is 4.39 Å². The molecule has 2 rings (SSSR count). The first-order valence-electron chi connectivity index (χ1n) is 5.02.